The Balaban J connectivity index is 1.67. The van der Waals surface area contributed by atoms with Crippen molar-refractivity contribution in [3.63, 3.8) is 0 Å². The second kappa shape index (κ2) is 7.06. The first-order valence-corrected chi connectivity index (χ1v) is 7.69. The van der Waals surface area contributed by atoms with Gasteiger partial charge in [-0.25, -0.2) is 0 Å². The minimum absolute atomic E-state index is 0.649. The van der Waals surface area contributed by atoms with Crippen LogP contribution in [0.5, 0.6) is 0 Å². The van der Waals surface area contributed by atoms with Crippen LogP contribution in [0, 0.1) is 0 Å². The van der Waals surface area contributed by atoms with E-state index in [0.717, 1.165) is 6.54 Å². The second-order valence-corrected chi connectivity index (χ2v) is 6.13. The van der Waals surface area contributed by atoms with Crippen molar-refractivity contribution < 1.29 is 0 Å². The summed E-state index contributed by atoms with van der Waals surface area (Å²) in [5.41, 5.74) is 1.46. The third-order valence-corrected chi connectivity index (χ3v) is 4.33. The Morgan fingerprint density at radius 2 is 1.95 bits per heavy atom. The minimum Gasteiger partial charge on any atom is -0.313 e. The van der Waals surface area contributed by atoms with Gasteiger partial charge in [0.1, 0.15) is 0 Å². The highest BCUT2D eigenvalue weighted by Gasteiger charge is 2.23. The van der Waals surface area contributed by atoms with Crippen LogP contribution in [-0.2, 0) is 0 Å². The van der Waals surface area contributed by atoms with E-state index < -0.39 is 0 Å². The molecular formula is C17H28N2. The zero-order valence-electron chi connectivity index (χ0n) is 12.6. The van der Waals surface area contributed by atoms with E-state index >= 15 is 0 Å². The lowest BCUT2D eigenvalue weighted by atomic mass is 9.98. The molecule has 1 aliphatic heterocycles. The number of rotatable bonds is 6. The molecule has 1 heterocycles. The van der Waals surface area contributed by atoms with Crippen LogP contribution in [0.15, 0.2) is 30.3 Å². The average Bonchev–Trinajstić information content (AvgIpc) is 2.89. The molecule has 1 N–H and O–H groups in total. The zero-order valence-corrected chi connectivity index (χ0v) is 12.6. The molecule has 0 saturated carbocycles. The number of hydrogen-bond acceptors (Lipinski definition) is 2. The van der Waals surface area contributed by atoms with Gasteiger partial charge in [-0.3, -0.25) is 4.90 Å². The standard InChI is InChI=1S/C17H28N2/c1-14(2)19-12-10-17(13-19)18-11-9-15(3)16-7-5-4-6-8-16/h4-8,14-15,17-18H,9-13H2,1-3H3. The first-order chi connectivity index (χ1) is 9.16. The zero-order chi connectivity index (χ0) is 13.7. The van der Waals surface area contributed by atoms with Gasteiger partial charge in [-0.15, -0.1) is 0 Å². The van der Waals surface area contributed by atoms with E-state index in [1.165, 1.54) is 31.5 Å². The van der Waals surface area contributed by atoms with Gasteiger partial charge in [0.15, 0.2) is 0 Å². The summed E-state index contributed by atoms with van der Waals surface area (Å²) >= 11 is 0. The van der Waals surface area contributed by atoms with Gasteiger partial charge in [0.2, 0.25) is 0 Å². The first kappa shape index (κ1) is 14.5. The van der Waals surface area contributed by atoms with E-state index in [1.54, 1.807) is 0 Å². The van der Waals surface area contributed by atoms with Crippen LogP contribution in [0.1, 0.15) is 45.1 Å². The van der Waals surface area contributed by atoms with E-state index in [2.05, 4.69) is 61.3 Å². The molecule has 1 aliphatic rings. The van der Waals surface area contributed by atoms with Crippen molar-refractivity contribution in [2.45, 2.75) is 51.6 Å². The van der Waals surface area contributed by atoms with E-state index in [1.807, 2.05) is 0 Å². The highest BCUT2D eigenvalue weighted by molar-refractivity contribution is 5.18. The van der Waals surface area contributed by atoms with Crippen LogP contribution in [0.4, 0.5) is 0 Å². The second-order valence-electron chi connectivity index (χ2n) is 6.13. The molecule has 106 valence electrons. The van der Waals surface area contributed by atoms with Crippen molar-refractivity contribution >= 4 is 0 Å². The highest BCUT2D eigenvalue weighted by Crippen LogP contribution is 2.18. The molecule has 0 bridgehead atoms. The van der Waals surface area contributed by atoms with Gasteiger partial charge in [0.05, 0.1) is 0 Å². The number of nitrogens with one attached hydrogen (secondary N) is 1. The van der Waals surface area contributed by atoms with Crippen molar-refractivity contribution in [2.75, 3.05) is 19.6 Å². The van der Waals surface area contributed by atoms with Crippen LogP contribution in [0.3, 0.4) is 0 Å². The van der Waals surface area contributed by atoms with Crippen molar-refractivity contribution in [2.24, 2.45) is 0 Å². The molecule has 2 unspecified atom stereocenters. The largest absolute Gasteiger partial charge is 0.313 e. The summed E-state index contributed by atoms with van der Waals surface area (Å²) in [4.78, 5) is 2.57. The van der Waals surface area contributed by atoms with Crippen LogP contribution >= 0.6 is 0 Å². The van der Waals surface area contributed by atoms with E-state index in [9.17, 15) is 0 Å². The van der Waals surface area contributed by atoms with Crippen molar-refractivity contribution in [1.29, 1.82) is 0 Å². The molecule has 1 aromatic rings. The molecule has 0 aromatic heterocycles. The molecule has 1 fully saturated rings. The Labute approximate surface area is 118 Å². The Bertz CT molecular complexity index is 361. The maximum absolute atomic E-state index is 3.73. The monoisotopic (exact) mass is 260 g/mol. The topological polar surface area (TPSA) is 15.3 Å². The van der Waals surface area contributed by atoms with Gasteiger partial charge in [-0.1, -0.05) is 37.3 Å². The Morgan fingerprint density at radius 3 is 2.58 bits per heavy atom. The maximum atomic E-state index is 3.73. The van der Waals surface area contributed by atoms with Crippen molar-refractivity contribution in [1.82, 2.24) is 10.2 Å². The number of benzene rings is 1. The molecule has 0 aliphatic carbocycles. The van der Waals surface area contributed by atoms with Gasteiger partial charge in [0.25, 0.3) is 0 Å². The third-order valence-electron chi connectivity index (χ3n) is 4.33. The quantitative estimate of drug-likeness (QED) is 0.844. The smallest absolute Gasteiger partial charge is 0.0207 e. The minimum atomic E-state index is 0.649. The molecule has 2 atom stereocenters. The molecule has 0 amide bonds. The van der Waals surface area contributed by atoms with E-state index in [0.29, 0.717) is 18.0 Å². The summed E-state index contributed by atoms with van der Waals surface area (Å²) in [7, 11) is 0. The summed E-state index contributed by atoms with van der Waals surface area (Å²) in [5.74, 6) is 0.649. The lowest BCUT2D eigenvalue weighted by molar-refractivity contribution is 0.268. The lowest BCUT2D eigenvalue weighted by Gasteiger charge is -2.21. The van der Waals surface area contributed by atoms with Gasteiger partial charge >= 0.3 is 0 Å². The lowest BCUT2D eigenvalue weighted by Crippen LogP contribution is -2.35. The highest BCUT2D eigenvalue weighted by atomic mass is 15.2. The van der Waals surface area contributed by atoms with Crippen LogP contribution in [0.2, 0.25) is 0 Å². The predicted molar refractivity (Wildman–Crippen MR) is 82.6 cm³/mol. The van der Waals surface area contributed by atoms with Crippen LogP contribution in [-0.4, -0.2) is 36.6 Å². The number of nitrogens with zero attached hydrogens (tertiary/aromatic N) is 1. The summed E-state index contributed by atoms with van der Waals surface area (Å²) in [6.07, 6.45) is 2.53. The first-order valence-electron chi connectivity index (χ1n) is 7.69. The van der Waals surface area contributed by atoms with E-state index in [-0.39, 0.29) is 0 Å². The molecule has 2 nitrogen and oxygen atoms in total. The Hall–Kier alpha value is -0.860. The van der Waals surface area contributed by atoms with Gasteiger partial charge in [-0.2, -0.15) is 0 Å². The van der Waals surface area contributed by atoms with Gasteiger partial charge in [0, 0.05) is 18.6 Å². The fourth-order valence-electron chi connectivity index (χ4n) is 2.88. The van der Waals surface area contributed by atoms with Gasteiger partial charge in [-0.05, 0) is 51.3 Å². The van der Waals surface area contributed by atoms with Crippen LogP contribution in [0.25, 0.3) is 0 Å². The molecule has 2 heteroatoms. The van der Waals surface area contributed by atoms with Crippen LogP contribution < -0.4 is 5.32 Å². The summed E-state index contributed by atoms with van der Waals surface area (Å²) in [6, 6.07) is 12.2. The Morgan fingerprint density at radius 1 is 1.21 bits per heavy atom. The Kier molecular flexibility index (Phi) is 5.41. The summed E-state index contributed by atoms with van der Waals surface area (Å²) in [5, 5.41) is 3.73. The summed E-state index contributed by atoms with van der Waals surface area (Å²) in [6.45, 7) is 10.5. The van der Waals surface area contributed by atoms with E-state index in [4.69, 9.17) is 0 Å². The molecule has 19 heavy (non-hydrogen) atoms. The average molecular weight is 260 g/mol. The fourth-order valence-corrected chi connectivity index (χ4v) is 2.88. The summed E-state index contributed by atoms with van der Waals surface area (Å²) < 4.78 is 0. The van der Waals surface area contributed by atoms with Crippen molar-refractivity contribution in [3.05, 3.63) is 35.9 Å². The SMILES string of the molecule is CC(CCNC1CCN(C(C)C)C1)c1ccccc1. The molecule has 2 rings (SSSR count). The fraction of sp³-hybridized carbons (Fsp3) is 0.647. The molecule has 1 aromatic carbocycles. The molecule has 1 saturated heterocycles. The molecule has 0 radical (unpaired) electrons. The normalized spacial score (nSPS) is 22.0. The number of likely N-dealkylation sites (tertiary alicyclic amines) is 1. The molecular weight excluding hydrogens is 232 g/mol. The molecule has 0 spiro atoms. The predicted octanol–water partition coefficient (Wildman–Crippen LogP) is 3.25. The van der Waals surface area contributed by atoms with Gasteiger partial charge < -0.3 is 5.32 Å². The number of hydrogen-bond donors (Lipinski definition) is 1. The maximum Gasteiger partial charge on any atom is 0.0207 e. The van der Waals surface area contributed by atoms with Crippen molar-refractivity contribution in [3.8, 4) is 0 Å². The third kappa shape index (κ3) is 4.32.